The van der Waals surface area contributed by atoms with Crippen molar-refractivity contribution < 1.29 is 0 Å². The summed E-state index contributed by atoms with van der Waals surface area (Å²) in [7, 11) is 0. The average molecular weight is 305 g/mol. The SMILES string of the molecule is Clc1nc(C2CC3CCC2C3)nc2sc3c(c12)CCC3. The highest BCUT2D eigenvalue weighted by molar-refractivity contribution is 7.19. The molecular formula is C16H17ClN2S. The molecule has 0 N–H and O–H groups in total. The van der Waals surface area contributed by atoms with E-state index in [9.17, 15) is 0 Å². The van der Waals surface area contributed by atoms with E-state index in [1.54, 1.807) is 0 Å². The second kappa shape index (κ2) is 4.17. The van der Waals surface area contributed by atoms with E-state index >= 15 is 0 Å². The molecule has 2 aromatic rings. The van der Waals surface area contributed by atoms with Crippen LogP contribution in [0, 0.1) is 11.8 Å². The van der Waals surface area contributed by atoms with Crippen molar-refractivity contribution in [3.05, 3.63) is 21.4 Å². The summed E-state index contributed by atoms with van der Waals surface area (Å²) in [4.78, 5) is 12.3. The number of aryl methyl sites for hydroxylation is 2. The lowest BCUT2D eigenvalue weighted by molar-refractivity contribution is 0.406. The van der Waals surface area contributed by atoms with Crippen molar-refractivity contribution in [3.8, 4) is 0 Å². The lowest BCUT2D eigenvalue weighted by Gasteiger charge is -2.20. The minimum absolute atomic E-state index is 0.576. The van der Waals surface area contributed by atoms with Gasteiger partial charge in [-0.25, -0.2) is 9.97 Å². The van der Waals surface area contributed by atoms with Crippen LogP contribution in [-0.4, -0.2) is 9.97 Å². The second-order valence-electron chi connectivity index (χ2n) is 6.69. The standard InChI is InChI=1S/C16H17ClN2S/c17-14-13-10-2-1-3-12(10)20-16(13)19-15(18-14)11-7-8-4-5-9(11)6-8/h8-9,11H,1-7H2. The summed E-state index contributed by atoms with van der Waals surface area (Å²) in [5.74, 6) is 3.36. The summed E-state index contributed by atoms with van der Waals surface area (Å²) in [5, 5.41) is 1.88. The van der Waals surface area contributed by atoms with Crippen molar-refractivity contribution in [1.29, 1.82) is 0 Å². The molecule has 0 spiro atoms. The smallest absolute Gasteiger partial charge is 0.141 e. The molecule has 2 fully saturated rings. The first-order valence-electron chi connectivity index (χ1n) is 7.77. The molecule has 3 unspecified atom stereocenters. The number of rotatable bonds is 1. The highest BCUT2D eigenvalue weighted by Crippen LogP contribution is 2.52. The number of halogens is 1. The summed E-state index contributed by atoms with van der Waals surface area (Å²) < 4.78 is 0. The van der Waals surface area contributed by atoms with Crippen LogP contribution in [0.4, 0.5) is 0 Å². The normalized spacial score (nSPS) is 31.4. The molecule has 2 aromatic heterocycles. The van der Waals surface area contributed by atoms with Gasteiger partial charge in [-0.3, -0.25) is 0 Å². The van der Waals surface area contributed by atoms with Gasteiger partial charge in [0.2, 0.25) is 0 Å². The van der Waals surface area contributed by atoms with Crippen LogP contribution in [-0.2, 0) is 12.8 Å². The molecule has 2 bridgehead atoms. The van der Waals surface area contributed by atoms with Crippen molar-refractivity contribution in [2.45, 2.75) is 50.9 Å². The summed E-state index contributed by atoms with van der Waals surface area (Å²) >= 11 is 8.38. The van der Waals surface area contributed by atoms with E-state index in [4.69, 9.17) is 21.6 Å². The first kappa shape index (κ1) is 11.9. The van der Waals surface area contributed by atoms with Crippen molar-refractivity contribution in [2.75, 3.05) is 0 Å². The number of hydrogen-bond donors (Lipinski definition) is 0. The Bertz CT molecular complexity index is 708. The predicted octanol–water partition coefficient (Wildman–Crippen LogP) is 4.74. The first-order chi connectivity index (χ1) is 9.79. The maximum absolute atomic E-state index is 6.52. The van der Waals surface area contributed by atoms with Crippen LogP contribution in [0.15, 0.2) is 0 Å². The fourth-order valence-corrected chi connectivity index (χ4v) is 6.31. The van der Waals surface area contributed by atoms with E-state index in [0.29, 0.717) is 11.1 Å². The zero-order chi connectivity index (χ0) is 13.3. The summed E-state index contributed by atoms with van der Waals surface area (Å²) in [6.07, 6.45) is 9.10. The summed E-state index contributed by atoms with van der Waals surface area (Å²) in [6, 6.07) is 0. The second-order valence-corrected chi connectivity index (χ2v) is 8.13. The van der Waals surface area contributed by atoms with E-state index < -0.39 is 0 Å². The highest BCUT2D eigenvalue weighted by atomic mass is 35.5. The Morgan fingerprint density at radius 2 is 2.05 bits per heavy atom. The van der Waals surface area contributed by atoms with Gasteiger partial charge >= 0.3 is 0 Å². The molecule has 0 aromatic carbocycles. The minimum atomic E-state index is 0.576. The topological polar surface area (TPSA) is 25.8 Å². The van der Waals surface area contributed by atoms with Crippen LogP contribution in [0.5, 0.6) is 0 Å². The van der Waals surface area contributed by atoms with Gasteiger partial charge in [0.1, 0.15) is 15.8 Å². The van der Waals surface area contributed by atoms with Gasteiger partial charge < -0.3 is 0 Å². The maximum atomic E-state index is 6.52. The van der Waals surface area contributed by atoms with Crippen molar-refractivity contribution in [1.82, 2.24) is 9.97 Å². The molecule has 0 radical (unpaired) electrons. The quantitative estimate of drug-likeness (QED) is 0.711. The number of fused-ring (bicyclic) bond motifs is 5. The Labute approximate surface area is 127 Å². The predicted molar refractivity (Wildman–Crippen MR) is 82.6 cm³/mol. The molecule has 5 rings (SSSR count). The van der Waals surface area contributed by atoms with Gasteiger partial charge in [-0.2, -0.15) is 0 Å². The summed E-state index contributed by atoms with van der Waals surface area (Å²) in [5.41, 5.74) is 1.44. The molecule has 2 saturated carbocycles. The van der Waals surface area contributed by atoms with Gasteiger partial charge in [-0.1, -0.05) is 18.0 Å². The highest BCUT2D eigenvalue weighted by Gasteiger charge is 2.42. The average Bonchev–Trinajstić information content (AvgIpc) is 3.17. The fraction of sp³-hybridized carbons (Fsp3) is 0.625. The van der Waals surface area contributed by atoms with E-state index in [0.717, 1.165) is 34.3 Å². The zero-order valence-electron chi connectivity index (χ0n) is 11.4. The lowest BCUT2D eigenvalue weighted by atomic mass is 9.88. The molecule has 20 heavy (non-hydrogen) atoms. The molecule has 3 atom stereocenters. The lowest BCUT2D eigenvalue weighted by Crippen LogP contribution is -2.12. The van der Waals surface area contributed by atoms with Crippen molar-refractivity contribution in [2.24, 2.45) is 11.8 Å². The van der Waals surface area contributed by atoms with Crippen LogP contribution in [0.3, 0.4) is 0 Å². The maximum Gasteiger partial charge on any atom is 0.141 e. The minimum Gasteiger partial charge on any atom is -0.222 e. The number of thiophene rings is 1. The molecule has 3 aliphatic carbocycles. The van der Waals surface area contributed by atoms with E-state index in [2.05, 4.69) is 0 Å². The van der Waals surface area contributed by atoms with Crippen molar-refractivity contribution >= 4 is 33.2 Å². The monoisotopic (exact) mass is 304 g/mol. The molecule has 3 aliphatic rings. The molecule has 2 nitrogen and oxygen atoms in total. The third-order valence-corrected chi connectivity index (χ3v) is 7.07. The molecule has 0 amide bonds. The molecule has 2 heterocycles. The molecule has 0 saturated heterocycles. The van der Waals surface area contributed by atoms with E-state index in [1.165, 1.54) is 49.0 Å². The Morgan fingerprint density at radius 1 is 1.10 bits per heavy atom. The largest absolute Gasteiger partial charge is 0.222 e. The zero-order valence-corrected chi connectivity index (χ0v) is 12.9. The molecule has 0 aliphatic heterocycles. The van der Waals surface area contributed by atoms with Crippen LogP contribution < -0.4 is 0 Å². The number of nitrogens with zero attached hydrogens (tertiary/aromatic N) is 2. The van der Waals surface area contributed by atoms with Crippen LogP contribution in [0.1, 0.15) is 54.3 Å². The third-order valence-electron chi connectivity index (χ3n) is 5.61. The molecule has 104 valence electrons. The van der Waals surface area contributed by atoms with Crippen molar-refractivity contribution in [3.63, 3.8) is 0 Å². The van der Waals surface area contributed by atoms with Crippen LogP contribution in [0.2, 0.25) is 5.15 Å². The number of hydrogen-bond acceptors (Lipinski definition) is 3. The van der Waals surface area contributed by atoms with Gasteiger partial charge in [-0.15, -0.1) is 11.3 Å². The fourth-order valence-electron chi connectivity index (χ4n) is 4.69. The van der Waals surface area contributed by atoms with Crippen LogP contribution in [0.25, 0.3) is 10.2 Å². The van der Waals surface area contributed by atoms with Gasteiger partial charge in [0, 0.05) is 10.8 Å². The Hall–Kier alpha value is -0.670. The van der Waals surface area contributed by atoms with E-state index in [1.807, 2.05) is 11.3 Å². The van der Waals surface area contributed by atoms with Gasteiger partial charge in [0.25, 0.3) is 0 Å². The summed E-state index contributed by atoms with van der Waals surface area (Å²) in [6.45, 7) is 0. The number of aromatic nitrogens is 2. The molecular weight excluding hydrogens is 288 g/mol. The van der Waals surface area contributed by atoms with Gasteiger partial charge in [0.15, 0.2) is 0 Å². The Balaban J connectivity index is 1.64. The third kappa shape index (κ3) is 1.57. The first-order valence-corrected chi connectivity index (χ1v) is 8.96. The van der Waals surface area contributed by atoms with Gasteiger partial charge in [0.05, 0.1) is 5.39 Å². The molecule has 4 heteroatoms. The van der Waals surface area contributed by atoms with Crippen LogP contribution >= 0.6 is 22.9 Å². The van der Waals surface area contributed by atoms with Gasteiger partial charge in [-0.05, 0) is 55.9 Å². The van der Waals surface area contributed by atoms with E-state index in [-0.39, 0.29) is 0 Å². The Morgan fingerprint density at radius 3 is 2.85 bits per heavy atom. The Kier molecular flexibility index (Phi) is 2.49.